The van der Waals surface area contributed by atoms with E-state index in [1.807, 2.05) is 47.9 Å². The van der Waals surface area contributed by atoms with Crippen molar-refractivity contribution >= 4 is 35.2 Å². The van der Waals surface area contributed by atoms with Crippen LogP contribution in [0.15, 0.2) is 24.3 Å². The third kappa shape index (κ3) is 5.50. The van der Waals surface area contributed by atoms with Crippen LogP contribution >= 0.6 is 11.8 Å². The quantitative estimate of drug-likeness (QED) is 0.820. The van der Waals surface area contributed by atoms with E-state index < -0.39 is 0 Å². The van der Waals surface area contributed by atoms with Crippen molar-refractivity contribution in [1.82, 2.24) is 9.80 Å². The maximum Gasteiger partial charge on any atom is 0.229 e. The van der Waals surface area contributed by atoms with E-state index in [2.05, 4.69) is 5.32 Å². The molecule has 2 fully saturated rings. The number of nitrogens with zero attached hydrogens (tertiary/aromatic N) is 2. The van der Waals surface area contributed by atoms with E-state index in [1.54, 1.807) is 4.90 Å². The summed E-state index contributed by atoms with van der Waals surface area (Å²) in [5, 5.41) is 2.96. The Hall–Kier alpha value is -2.02. The van der Waals surface area contributed by atoms with Crippen molar-refractivity contribution in [2.75, 3.05) is 43.0 Å². The van der Waals surface area contributed by atoms with Gasteiger partial charge in [-0.15, -0.1) is 0 Å². The molecule has 2 saturated heterocycles. The molecular formula is C21H29N3O3S. The van der Waals surface area contributed by atoms with Gasteiger partial charge in [0.1, 0.15) is 0 Å². The highest BCUT2D eigenvalue weighted by Gasteiger charge is 2.27. The lowest BCUT2D eigenvalue weighted by molar-refractivity contribution is -0.134. The Balaban J connectivity index is 1.51. The molecule has 1 aromatic carbocycles. The van der Waals surface area contributed by atoms with E-state index in [9.17, 15) is 14.4 Å². The second-order valence-electron chi connectivity index (χ2n) is 7.39. The topological polar surface area (TPSA) is 69.7 Å². The molecule has 0 spiro atoms. The van der Waals surface area contributed by atoms with Crippen LogP contribution in [-0.2, 0) is 20.8 Å². The zero-order chi connectivity index (χ0) is 19.9. The molecule has 1 unspecified atom stereocenters. The number of rotatable bonds is 5. The SMILES string of the molecule is CCC(=O)N1CCCC(C(=O)Nc2ccc(CC(=O)N3CCSCC3)cc2)C1. The van der Waals surface area contributed by atoms with Crippen molar-refractivity contribution in [2.24, 2.45) is 5.92 Å². The van der Waals surface area contributed by atoms with Gasteiger partial charge in [-0.3, -0.25) is 14.4 Å². The molecule has 0 bridgehead atoms. The summed E-state index contributed by atoms with van der Waals surface area (Å²) in [4.78, 5) is 40.6. The number of anilines is 1. The number of carbonyl (C=O) groups is 3. The van der Waals surface area contributed by atoms with E-state index >= 15 is 0 Å². The van der Waals surface area contributed by atoms with Crippen LogP contribution in [0, 0.1) is 5.92 Å². The minimum absolute atomic E-state index is 0.0387. The van der Waals surface area contributed by atoms with Gasteiger partial charge in [-0.25, -0.2) is 0 Å². The summed E-state index contributed by atoms with van der Waals surface area (Å²) in [5.74, 6) is 2.10. The first-order chi connectivity index (χ1) is 13.6. The number of thioether (sulfide) groups is 1. The van der Waals surface area contributed by atoms with Gasteiger partial charge in [-0.2, -0.15) is 11.8 Å². The van der Waals surface area contributed by atoms with Gasteiger partial charge in [-0.1, -0.05) is 19.1 Å². The predicted molar refractivity (Wildman–Crippen MR) is 112 cm³/mol. The molecule has 2 aliphatic rings. The summed E-state index contributed by atoms with van der Waals surface area (Å²) < 4.78 is 0. The molecule has 152 valence electrons. The number of hydrogen-bond donors (Lipinski definition) is 1. The molecular weight excluding hydrogens is 374 g/mol. The van der Waals surface area contributed by atoms with Crippen LogP contribution in [0.3, 0.4) is 0 Å². The van der Waals surface area contributed by atoms with Crippen LogP contribution in [0.1, 0.15) is 31.7 Å². The second kappa shape index (κ2) is 9.96. The zero-order valence-corrected chi connectivity index (χ0v) is 17.3. The van der Waals surface area contributed by atoms with Crippen molar-refractivity contribution in [2.45, 2.75) is 32.6 Å². The molecule has 2 aliphatic heterocycles. The Kier molecular flexibility index (Phi) is 7.36. The second-order valence-corrected chi connectivity index (χ2v) is 8.61. The minimum Gasteiger partial charge on any atom is -0.342 e. The number of nitrogens with one attached hydrogen (secondary N) is 1. The molecule has 0 aromatic heterocycles. The molecule has 2 heterocycles. The van der Waals surface area contributed by atoms with Crippen LogP contribution < -0.4 is 5.32 Å². The average molecular weight is 404 g/mol. The van der Waals surface area contributed by atoms with E-state index in [0.717, 1.165) is 55.2 Å². The van der Waals surface area contributed by atoms with Crippen LogP contribution in [0.4, 0.5) is 5.69 Å². The first-order valence-electron chi connectivity index (χ1n) is 10.1. The third-order valence-corrected chi connectivity index (χ3v) is 6.33. The molecule has 7 heteroatoms. The highest BCUT2D eigenvalue weighted by molar-refractivity contribution is 7.99. The van der Waals surface area contributed by atoms with Crippen LogP contribution in [0.2, 0.25) is 0 Å². The van der Waals surface area contributed by atoms with Gasteiger partial charge in [0.15, 0.2) is 0 Å². The lowest BCUT2D eigenvalue weighted by Gasteiger charge is -2.31. The molecule has 1 atom stereocenters. The monoisotopic (exact) mass is 403 g/mol. The summed E-state index contributed by atoms with van der Waals surface area (Å²) in [6, 6.07) is 7.51. The van der Waals surface area contributed by atoms with Crippen LogP contribution in [0.5, 0.6) is 0 Å². The number of carbonyl (C=O) groups excluding carboxylic acids is 3. The Bertz CT molecular complexity index is 701. The molecule has 28 heavy (non-hydrogen) atoms. The predicted octanol–water partition coefficient (Wildman–Crippen LogP) is 2.39. The lowest BCUT2D eigenvalue weighted by atomic mass is 9.96. The summed E-state index contributed by atoms with van der Waals surface area (Å²) in [6.45, 7) is 4.75. The molecule has 1 N–H and O–H groups in total. The smallest absolute Gasteiger partial charge is 0.229 e. The van der Waals surface area contributed by atoms with Gasteiger partial charge >= 0.3 is 0 Å². The summed E-state index contributed by atoms with van der Waals surface area (Å²) in [5.41, 5.74) is 1.69. The lowest BCUT2D eigenvalue weighted by Crippen LogP contribution is -2.43. The van der Waals surface area contributed by atoms with Gasteiger partial charge in [-0.05, 0) is 30.5 Å². The summed E-state index contributed by atoms with van der Waals surface area (Å²) in [6.07, 6.45) is 2.54. The number of likely N-dealkylation sites (tertiary alicyclic amines) is 1. The minimum atomic E-state index is -0.164. The number of hydrogen-bond acceptors (Lipinski definition) is 4. The van der Waals surface area contributed by atoms with Crippen LogP contribution in [0.25, 0.3) is 0 Å². The Morgan fingerprint density at radius 3 is 2.43 bits per heavy atom. The van der Waals surface area contributed by atoms with E-state index in [-0.39, 0.29) is 23.6 Å². The summed E-state index contributed by atoms with van der Waals surface area (Å²) >= 11 is 1.89. The van der Waals surface area contributed by atoms with Gasteiger partial charge in [0.25, 0.3) is 0 Å². The van der Waals surface area contributed by atoms with Gasteiger partial charge in [0.2, 0.25) is 17.7 Å². The molecule has 0 saturated carbocycles. The molecule has 3 rings (SSSR count). The van der Waals surface area contributed by atoms with Crippen molar-refractivity contribution < 1.29 is 14.4 Å². The van der Waals surface area contributed by atoms with E-state index in [1.165, 1.54) is 0 Å². The van der Waals surface area contributed by atoms with Crippen molar-refractivity contribution in [3.63, 3.8) is 0 Å². The van der Waals surface area contributed by atoms with Crippen LogP contribution in [-0.4, -0.2) is 65.2 Å². The van der Waals surface area contributed by atoms with Gasteiger partial charge in [0.05, 0.1) is 12.3 Å². The normalized spacial score (nSPS) is 20.0. The molecule has 6 nitrogen and oxygen atoms in total. The molecule has 0 aliphatic carbocycles. The van der Waals surface area contributed by atoms with Gasteiger partial charge in [0, 0.05) is 49.8 Å². The number of amides is 3. The number of benzene rings is 1. The van der Waals surface area contributed by atoms with Crippen molar-refractivity contribution in [3.8, 4) is 0 Å². The summed E-state index contributed by atoms with van der Waals surface area (Å²) in [7, 11) is 0. The fraction of sp³-hybridized carbons (Fsp3) is 0.571. The van der Waals surface area contributed by atoms with Gasteiger partial charge < -0.3 is 15.1 Å². The third-order valence-electron chi connectivity index (χ3n) is 5.39. The van der Waals surface area contributed by atoms with E-state index in [4.69, 9.17) is 0 Å². The van der Waals surface area contributed by atoms with Crippen molar-refractivity contribution in [3.05, 3.63) is 29.8 Å². The first-order valence-corrected chi connectivity index (χ1v) is 11.3. The number of piperidine rings is 1. The fourth-order valence-electron chi connectivity index (χ4n) is 3.69. The maximum absolute atomic E-state index is 12.6. The Morgan fingerprint density at radius 1 is 1.04 bits per heavy atom. The average Bonchev–Trinajstić information content (AvgIpc) is 2.75. The Labute approximate surface area is 171 Å². The zero-order valence-electron chi connectivity index (χ0n) is 16.5. The highest BCUT2D eigenvalue weighted by atomic mass is 32.2. The molecule has 0 radical (unpaired) electrons. The fourth-order valence-corrected chi connectivity index (χ4v) is 4.59. The largest absolute Gasteiger partial charge is 0.342 e. The maximum atomic E-state index is 12.6. The van der Waals surface area contributed by atoms with E-state index in [0.29, 0.717) is 19.4 Å². The first kappa shape index (κ1) is 20.7. The molecule has 3 amide bonds. The van der Waals surface area contributed by atoms with Crippen molar-refractivity contribution in [1.29, 1.82) is 0 Å². The molecule has 1 aromatic rings. The Morgan fingerprint density at radius 2 is 1.75 bits per heavy atom. The standard InChI is InChI=1S/C21H29N3O3S/c1-2-19(25)24-9-3-4-17(15-24)21(27)22-18-7-5-16(6-8-18)14-20(26)23-10-12-28-13-11-23/h5-8,17H,2-4,9-15H2,1H3,(H,22,27). The highest BCUT2D eigenvalue weighted by Crippen LogP contribution is 2.20.